The van der Waals surface area contributed by atoms with Gasteiger partial charge in [0.1, 0.15) is 11.3 Å². The number of nitrogen functional groups attached to an aromatic ring is 1. The van der Waals surface area contributed by atoms with Crippen LogP contribution in [-0.2, 0) is 11.3 Å². The molecule has 0 spiro atoms. The minimum absolute atomic E-state index is 0.00206. The average molecular weight is 255 g/mol. The van der Waals surface area contributed by atoms with Crippen LogP contribution in [0.15, 0.2) is 10.6 Å². The molecule has 0 atom stereocenters. The lowest BCUT2D eigenvalue weighted by molar-refractivity contribution is 0.0167. The summed E-state index contributed by atoms with van der Waals surface area (Å²) in [5, 5.41) is 3.77. The summed E-state index contributed by atoms with van der Waals surface area (Å²) in [6, 6.07) is 1.59. The molecule has 0 aliphatic heterocycles. The fourth-order valence-electron chi connectivity index (χ4n) is 1.36. The zero-order chi connectivity index (χ0) is 13.9. The topological polar surface area (TPSA) is 81.6 Å². The van der Waals surface area contributed by atoms with Crippen molar-refractivity contribution in [2.75, 3.05) is 5.73 Å². The van der Waals surface area contributed by atoms with Crippen LogP contribution in [0, 0.1) is 0 Å². The largest absolute Gasteiger partial charge is 0.444 e. The molecule has 1 heterocycles. The first kappa shape index (κ1) is 14.3. The van der Waals surface area contributed by atoms with Gasteiger partial charge in [-0.15, -0.1) is 0 Å². The predicted octanol–water partition coefficient (Wildman–Crippen LogP) is 2.40. The van der Waals surface area contributed by atoms with Crippen molar-refractivity contribution in [2.45, 2.75) is 52.8 Å². The smallest absolute Gasteiger partial charge is 0.410 e. The quantitative estimate of drug-likeness (QED) is 0.896. The van der Waals surface area contributed by atoms with Gasteiger partial charge in [0, 0.05) is 12.1 Å². The highest BCUT2D eigenvalue weighted by Gasteiger charge is 2.25. The molecular weight excluding hydrogens is 234 g/mol. The summed E-state index contributed by atoms with van der Waals surface area (Å²) >= 11 is 0. The number of hydrogen-bond acceptors (Lipinski definition) is 5. The standard InChI is InChI=1S/C12H21N3O3/c1-8(2)15(11(16)17-12(3,4)5)7-9-6-10(13)18-14-9/h6,8H,7,13H2,1-5H3. The van der Waals surface area contributed by atoms with Gasteiger partial charge in [-0.25, -0.2) is 4.79 Å². The molecule has 0 saturated heterocycles. The lowest BCUT2D eigenvalue weighted by atomic mass is 10.2. The number of aromatic nitrogens is 1. The van der Waals surface area contributed by atoms with Gasteiger partial charge in [0.15, 0.2) is 0 Å². The molecule has 1 aromatic heterocycles. The van der Waals surface area contributed by atoms with Crippen molar-refractivity contribution in [3.63, 3.8) is 0 Å². The van der Waals surface area contributed by atoms with Crippen molar-refractivity contribution in [3.8, 4) is 0 Å². The SMILES string of the molecule is CC(C)N(Cc1cc(N)on1)C(=O)OC(C)(C)C. The van der Waals surface area contributed by atoms with E-state index in [9.17, 15) is 4.79 Å². The van der Waals surface area contributed by atoms with Crippen molar-refractivity contribution < 1.29 is 14.1 Å². The Bertz CT molecular complexity index is 407. The molecule has 102 valence electrons. The fourth-order valence-corrected chi connectivity index (χ4v) is 1.36. The van der Waals surface area contributed by atoms with Crippen molar-refractivity contribution >= 4 is 12.0 Å². The Morgan fingerprint density at radius 2 is 2.17 bits per heavy atom. The molecule has 2 N–H and O–H groups in total. The van der Waals surface area contributed by atoms with E-state index in [1.165, 1.54) is 0 Å². The third kappa shape index (κ3) is 4.27. The van der Waals surface area contributed by atoms with Crippen LogP contribution < -0.4 is 5.73 Å². The summed E-state index contributed by atoms with van der Waals surface area (Å²) in [4.78, 5) is 13.6. The molecule has 1 amide bonds. The summed E-state index contributed by atoms with van der Waals surface area (Å²) in [5.41, 5.74) is 5.53. The first-order valence-corrected chi connectivity index (χ1v) is 5.89. The zero-order valence-electron chi connectivity index (χ0n) is 11.6. The molecule has 1 rings (SSSR count). The minimum atomic E-state index is -0.521. The number of anilines is 1. The molecule has 0 saturated carbocycles. The van der Waals surface area contributed by atoms with E-state index in [-0.39, 0.29) is 18.0 Å². The first-order valence-electron chi connectivity index (χ1n) is 5.89. The van der Waals surface area contributed by atoms with Gasteiger partial charge in [-0.3, -0.25) is 4.90 Å². The molecular formula is C12H21N3O3. The molecule has 6 heteroatoms. The number of nitrogens with two attached hydrogens (primary N) is 1. The van der Waals surface area contributed by atoms with Gasteiger partial charge in [-0.1, -0.05) is 5.16 Å². The number of carbonyl (C=O) groups is 1. The van der Waals surface area contributed by atoms with Crippen LogP contribution >= 0.6 is 0 Å². The van der Waals surface area contributed by atoms with E-state index in [4.69, 9.17) is 15.0 Å². The highest BCUT2D eigenvalue weighted by Crippen LogP contribution is 2.15. The van der Waals surface area contributed by atoms with Crippen LogP contribution in [0.2, 0.25) is 0 Å². The van der Waals surface area contributed by atoms with Crippen LogP contribution in [-0.4, -0.2) is 27.8 Å². The Labute approximate surface area is 107 Å². The maximum Gasteiger partial charge on any atom is 0.410 e. The molecule has 0 unspecified atom stereocenters. The molecule has 0 aliphatic rings. The number of carbonyl (C=O) groups excluding carboxylic acids is 1. The van der Waals surface area contributed by atoms with Gasteiger partial charge in [-0.2, -0.15) is 0 Å². The Kier molecular flexibility index (Phi) is 4.21. The number of rotatable bonds is 3. The molecule has 0 bridgehead atoms. The van der Waals surface area contributed by atoms with E-state index in [1.54, 1.807) is 11.0 Å². The molecule has 0 fully saturated rings. The van der Waals surface area contributed by atoms with Crippen LogP contribution in [0.5, 0.6) is 0 Å². The predicted molar refractivity (Wildman–Crippen MR) is 67.8 cm³/mol. The van der Waals surface area contributed by atoms with Gasteiger partial charge >= 0.3 is 6.09 Å². The van der Waals surface area contributed by atoms with E-state index in [1.807, 2.05) is 34.6 Å². The van der Waals surface area contributed by atoms with Crippen LogP contribution in [0.4, 0.5) is 10.7 Å². The maximum absolute atomic E-state index is 12.0. The van der Waals surface area contributed by atoms with Gasteiger partial charge in [-0.05, 0) is 34.6 Å². The third-order valence-electron chi connectivity index (χ3n) is 2.16. The maximum atomic E-state index is 12.0. The summed E-state index contributed by atoms with van der Waals surface area (Å²) in [7, 11) is 0. The van der Waals surface area contributed by atoms with Crippen LogP contribution in [0.3, 0.4) is 0 Å². The van der Waals surface area contributed by atoms with Gasteiger partial charge in [0.25, 0.3) is 0 Å². The van der Waals surface area contributed by atoms with Gasteiger partial charge in [0.2, 0.25) is 5.88 Å². The highest BCUT2D eigenvalue weighted by atomic mass is 16.6. The Balaban J connectivity index is 2.74. The number of nitrogens with zero attached hydrogens (tertiary/aromatic N) is 2. The first-order chi connectivity index (χ1) is 8.19. The molecule has 0 radical (unpaired) electrons. The van der Waals surface area contributed by atoms with Crippen molar-refractivity contribution in [3.05, 3.63) is 11.8 Å². The van der Waals surface area contributed by atoms with Crippen molar-refractivity contribution in [1.82, 2.24) is 10.1 Å². The lowest BCUT2D eigenvalue weighted by Crippen LogP contribution is -2.40. The Morgan fingerprint density at radius 3 is 2.56 bits per heavy atom. The molecule has 6 nitrogen and oxygen atoms in total. The van der Waals surface area contributed by atoms with Crippen molar-refractivity contribution in [1.29, 1.82) is 0 Å². The van der Waals surface area contributed by atoms with E-state index in [2.05, 4.69) is 5.16 Å². The summed E-state index contributed by atoms with van der Waals surface area (Å²) in [6.45, 7) is 9.63. The van der Waals surface area contributed by atoms with E-state index < -0.39 is 5.60 Å². The number of amides is 1. The van der Waals surface area contributed by atoms with Crippen molar-refractivity contribution in [2.24, 2.45) is 0 Å². The number of ether oxygens (including phenoxy) is 1. The number of hydrogen-bond donors (Lipinski definition) is 1. The molecule has 1 aromatic rings. The second-order valence-electron chi connectivity index (χ2n) is 5.42. The van der Waals surface area contributed by atoms with Crippen LogP contribution in [0.1, 0.15) is 40.3 Å². The monoisotopic (exact) mass is 255 g/mol. The molecule has 0 aliphatic carbocycles. The molecule has 0 aromatic carbocycles. The van der Waals surface area contributed by atoms with Crippen LogP contribution in [0.25, 0.3) is 0 Å². The van der Waals surface area contributed by atoms with Gasteiger partial charge in [0.05, 0.1) is 6.54 Å². The summed E-state index contributed by atoms with van der Waals surface area (Å²) in [5.74, 6) is 0.234. The summed E-state index contributed by atoms with van der Waals surface area (Å²) < 4.78 is 10.1. The minimum Gasteiger partial charge on any atom is -0.444 e. The fraction of sp³-hybridized carbons (Fsp3) is 0.667. The highest BCUT2D eigenvalue weighted by molar-refractivity contribution is 5.68. The second-order valence-corrected chi connectivity index (χ2v) is 5.42. The normalized spacial score (nSPS) is 11.7. The molecule has 18 heavy (non-hydrogen) atoms. The second kappa shape index (κ2) is 5.29. The lowest BCUT2D eigenvalue weighted by Gasteiger charge is -2.29. The zero-order valence-corrected chi connectivity index (χ0v) is 11.6. The van der Waals surface area contributed by atoms with Gasteiger partial charge < -0.3 is 15.0 Å². The van der Waals surface area contributed by atoms with E-state index in [0.717, 1.165) is 0 Å². The Hall–Kier alpha value is -1.72. The van der Waals surface area contributed by atoms with E-state index >= 15 is 0 Å². The Morgan fingerprint density at radius 1 is 1.56 bits per heavy atom. The average Bonchev–Trinajstić information content (AvgIpc) is 2.57. The third-order valence-corrected chi connectivity index (χ3v) is 2.16. The summed E-state index contributed by atoms with van der Waals surface area (Å²) in [6.07, 6.45) is -0.376. The van der Waals surface area contributed by atoms with E-state index in [0.29, 0.717) is 12.2 Å².